The number of hydrogen-bond acceptors (Lipinski definition) is 3. The van der Waals surface area contributed by atoms with E-state index >= 15 is 0 Å². The Balaban J connectivity index is 2.45. The molecule has 0 radical (unpaired) electrons. The Kier molecular flexibility index (Phi) is 4.95. The molecule has 4 heteroatoms. The van der Waals surface area contributed by atoms with Crippen LogP contribution in [0.2, 0.25) is 0 Å². The summed E-state index contributed by atoms with van der Waals surface area (Å²) in [6.07, 6.45) is 3.73. The van der Waals surface area contributed by atoms with E-state index in [-0.39, 0.29) is 17.9 Å². The van der Waals surface area contributed by atoms with E-state index in [1.54, 1.807) is 0 Å². The first-order valence-corrected chi connectivity index (χ1v) is 6.59. The highest BCUT2D eigenvalue weighted by atomic mass is 16.3. The summed E-state index contributed by atoms with van der Waals surface area (Å²) in [6, 6.07) is -0.349. The number of hydrogen-bond donors (Lipinski definition) is 3. The van der Waals surface area contributed by atoms with Gasteiger partial charge in [-0.15, -0.1) is 0 Å². The molecular weight excluding hydrogens is 216 g/mol. The topological polar surface area (TPSA) is 75.3 Å². The van der Waals surface area contributed by atoms with Crippen LogP contribution in [0.4, 0.5) is 0 Å². The smallest absolute Gasteiger partial charge is 0.234 e. The maximum absolute atomic E-state index is 11.2. The second-order valence-electron chi connectivity index (χ2n) is 5.91. The third-order valence-corrected chi connectivity index (χ3v) is 3.83. The maximum Gasteiger partial charge on any atom is 0.234 e. The third-order valence-electron chi connectivity index (χ3n) is 3.83. The van der Waals surface area contributed by atoms with Crippen LogP contribution in [0.15, 0.2) is 0 Å². The minimum Gasteiger partial charge on any atom is -0.389 e. The molecule has 1 aliphatic carbocycles. The van der Waals surface area contributed by atoms with Crippen LogP contribution in [0.25, 0.3) is 0 Å². The molecule has 0 aromatic rings. The van der Waals surface area contributed by atoms with E-state index in [2.05, 4.69) is 12.2 Å². The molecule has 4 N–H and O–H groups in total. The van der Waals surface area contributed by atoms with E-state index in [0.29, 0.717) is 12.5 Å². The van der Waals surface area contributed by atoms with Gasteiger partial charge in [0.15, 0.2) is 0 Å². The number of primary amides is 1. The fraction of sp³-hybridized carbons (Fsp3) is 0.923. The van der Waals surface area contributed by atoms with Gasteiger partial charge in [0.05, 0.1) is 11.6 Å². The SMILES string of the molecule is CC1CCC(O)(CN[C@@H](C(N)=O)C(C)C)CC1. The Labute approximate surface area is 104 Å². The molecule has 1 saturated carbocycles. The molecule has 1 rings (SSSR count). The first kappa shape index (κ1) is 14.5. The lowest BCUT2D eigenvalue weighted by molar-refractivity contribution is -0.121. The normalized spacial score (nSPS) is 31.5. The number of amides is 1. The van der Waals surface area contributed by atoms with Gasteiger partial charge in [-0.3, -0.25) is 4.79 Å². The second kappa shape index (κ2) is 5.83. The molecule has 100 valence electrons. The summed E-state index contributed by atoms with van der Waals surface area (Å²) in [5, 5.41) is 13.5. The Morgan fingerprint density at radius 3 is 2.41 bits per heavy atom. The molecule has 0 aliphatic heterocycles. The van der Waals surface area contributed by atoms with Gasteiger partial charge in [0.1, 0.15) is 0 Å². The molecule has 4 nitrogen and oxygen atoms in total. The molecule has 0 heterocycles. The fourth-order valence-electron chi connectivity index (χ4n) is 2.44. The number of aliphatic hydroxyl groups is 1. The lowest BCUT2D eigenvalue weighted by Crippen LogP contribution is -2.52. The van der Waals surface area contributed by atoms with Gasteiger partial charge in [0.2, 0.25) is 5.91 Å². The molecular formula is C13H26N2O2. The van der Waals surface area contributed by atoms with Gasteiger partial charge < -0.3 is 16.2 Å². The van der Waals surface area contributed by atoms with Crippen molar-refractivity contribution in [2.75, 3.05) is 6.54 Å². The van der Waals surface area contributed by atoms with Crippen molar-refractivity contribution in [3.63, 3.8) is 0 Å². The quantitative estimate of drug-likeness (QED) is 0.674. The predicted molar refractivity (Wildman–Crippen MR) is 68.4 cm³/mol. The lowest BCUT2D eigenvalue weighted by Gasteiger charge is -2.36. The van der Waals surface area contributed by atoms with E-state index < -0.39 is 5.60 Å². The number of nitrogens with one attached hydrogen (secondary N) is 1. The van der Waals surface area contributed by atoms with Crippen molar-refractivity contribution in [2.24, 2.45) is 17.6 Å². The van der Waals surface area contributed by atoms with Crippen LogP contribution >= 0.6 is 0 Å². The lowest BCUT2D eigenvalue weighted by atomic mass is 9.79. The van der Waals surface area contributed by atoms with E-state index in [0.717, 1.165) is 25.7 Å². The number of rotatable bonds is 5. The summed E-state index contributed by atoms with van der Waals surface area (Å²) < 4.78 is 0. The summed E-state index contributed by atoms with van der Waals surface area (Å²) >= 11 is 0. The third kappa shape index (κ3) is 4.28. The minimum absolute atomic E-state index is 0.151. The van der Waals surface area contributed by atoms with Crippen molar-refractivity contribution in [3.05, 3.63) is 0 Å². The standard InChI is InChI=1S/C13H26N2O2/c1-9(2)11(12(14)16)15-8-13(17)6-4-10(3)5-7-13/h9-11,15,17H,4-8H2,1-3H3,(H2,14,16)/t10?,11-,13?/m1/s1. The highest BCUT2D eigenvalue weighted by molar-refractivity contribution is 5.80. The fourth-order valence-corrected chi connectivity index (χ4v) is 2.44. The summed E-state index contributed by atoms with van der Waals surface area (Å²) in [6.45, 7) is 6.59. The van der Waals surface area contributed by atoms with Crippen LogP contribution < -0.4 is 11.1 Å². The molecule has 17 heavy (non-hydrogen) atoms. The van der Waals surface area contributed by atoms with Crippen LogP contribution in [0.3, 0.4) is 0 Å². The van der Waals surface area contributed by atoms with Crippen molar-refractivity contribution in [1.29, 1.82) is 0 Å². The van der Waals surface area contributed by atoms with Gasteiger partial charge in [-0.25, -0.2) is 0 Å². The zero-order valence-electron chi connectivity index (χ0n) is 11.2. The molecule has 1 amide bonds. The van der Waals surface area contributed by atoms with E-state index in [1.807, 2.05) is 13.8 Å². The van der Waals surface area contributed by atoms with Crippen molar-refractivity contribution in [1.82, 2.24) is 5.32 Å². The minimum atomic E-state index is -0.658. The van der Waals surface area contributed by atoms with Gasteiger partial charge in [-0.05, 0) is 37.5 Å². The van der Waals surface area contributed by atoms with Gasteiger partial charge in [0, 0.05) is 6.54 Å². The zero-order chi connectivity index (χ0) is 13.1. The molecule has 0 bridgehead atoms. The Morgan fingerprint density at radius 2 is 2.00 bits per heavy atom. The van der Waals surface area contributed by atoms with Gasteiger partial charge in [-0.2, -0.15) is 0 Å². The van der Waals surface area contributed by atoms with E-state index in [9.17, 15) is 9.90 Å². The molecule has 0 unspecified atom stereocenters. The zero-order valence-corrected chi connectivity index (χ0v) is 11.2. The summed E-state index contributed by atoms with van der Waals surface area (Å²) in [5.41, 5.74) is 4.68. The summed E-state index contributed by atoms with van der Waals surface area (Å²) in [7, 11) is 0. The Bertz CT molecular complexity index is 258. The molecule has 1 atom stereocenters. The van der Waals surface area contributed by atoms with Gasteiger partial charge in [-0.1, -0.05) is 20.8 Å². The summed E-state index contributed by atoms with van der Waals surface area (Å²) in [4.78, 5) is 11.2. The largest absolute Gasteiger partial charge is 0.389 e. The molecule has 1 aliphatic rings. The van der Waals surface area contributed by atoms with Crippen molar-refractivity contribution < 1.29 is 9.90 Å². The van der Waals surface area contributed by atoms with Gasteiger partial charge in [0.25, 0.3) is 0 Å². The predicted octanol–water partition coefficient (Wildman–Crippen LogP) is 1.03. The average molecular weight is 242 g/mol. The first-order chi connectivity index (χ1) is 7.84. The molecule has 0 saturated heterocycles. The Hall–Kier alpha value is -0.610. The van der Waals surface area contributed by atoms with Crippen LogP contribution in [0, 0.1) is 11.8 Å². The maximum atomic E-state index is 11.2. The highest BCUT2D eigenvalue weighted by Crippen LogP contribution is 2.31. The molecule has 0 aromatic heterocycles. The van der Waals surface area contributed by atoms with Crippen molar-refractivity contribution in [3.8, 4) is 0 Å². The van der Waals surface area contributed by atoms with Crippen LogP contribution in [-0.4, -0.2) is 29.2 Å². The monoisotopic (exact) mass is 242 g/mol. The molecule has 0 aromatic carbocycles. The average Bonchev–Trinajstić information content (AvgIpc) is 2.22. The van der Waals surface area contributed by atoms with E-state index in [1.165, 1.54) is 0 Å². The van der Waals surface area contributed by atoms with Crippen molar-refractivity contribution in [2.45, 2.75) is 58.1 Å². The van der Waals surface area contributed by atoms with Crippen molar-refractivity contribution >= 4 is 5.91 Å². The second-order valence-corrected chi connectivity index (χ2v) is 5.91. The van der Waals surface area contributed by atoms with Gasteiger partial charge >= 0.3 is 0 Å². The Morgan fingerprint density at radius 1 is 1.47 bits per heavy atom. The number of carbonyl (C=O) groups is 1. The number of carbonyl (C=O) groups excluding carboxylic acids is 1. The molecule has 1 fully saturated rings. The molecule has 0 spiro atoms. The highest BCUT2D eigenvalue weighted by Gasteiger charge is 2.33. The first-order valence-electron chi connectivity index (χ1n) is 6.59. The van der Waals surface area contributed by atoms with Crippen LogP contribution in [0.5, 0.6) is 0 Å². The summed E-state index contributed by atoms with van der Waals surface area (Å²) in [5.74, 6) is 0.513. The van der Waals surface area contributed by atoms with Crippen LogP contribution in [0.1, 0.15) is 46.5 Å². The van der Waals surface area contributed by atoms with E-state index in [4.69, 9.17) is 5.73 Å². The number of nitrogens with two attached hydrogens (primary N) is 1. The van der Waals surface area contributed by atoms with Crippen LogP contribution in [-0.2, 0) is 4.79 Å².